The van der Waals surface area contributed by atoms with Gasteiger partial charge in [0.05, 0.1) is 98.7 Å². The van der Waals surface area contributed by atoms with Crippen LogP contribution >= 0.6 is 0 Å². The number of carbonyl (C=O) groups excluding carboxylic acids is 1. The third-order valence-corrected chi connectivity index (χ3v) is 7.45. The Morgan fingerprint density at radius 2 is 1.29 bits per heavy atom. The summed E-state index contributed by atoms with van der Waals surface area (Å²) in [4.78, 5) is 32.9. The van der Waals surface area contributed by atoms with Crippen molar-refractivity contribution in [3.63, 3.8) is 0 Å². The third kappa shape index (κ3) is 16.0. The first-order chi connectivity index (χ1) is 27.0. The molecule has 298 valence electrons. The van der Waals surface area contributed by atoms with Gasteiger partial charge in [0.15, 0.2) is 0 Å². The van der Waals surface area contributed by atoms with Crippen LogP contribution in [0.5, 0.6) is 17.4 Å². The van der Waals surface area contributed by atoms with Crippen molar-refractivity contribution in [2.24, 2.45) is 0 Å². The zero-order valence-corrected chi connectivity index (χ0v) is 31.1. The number of rotatable bonds is 28. The molecule has 0 aliphatic heterocycles. The molecule has 4 N–H and O–H groups in total. The number of fused-ring (bicyclic) bond motifs is 1. The minimum atomic E-state index is -1.16. The Kier molecular flexibility index (Phi) is 19.4. The summed E-state index contributed by atoms with van der Waals surface area (Å²) in [5.41, 5.74) is 1.31. The monoisotopic (exact) mass is 767 g/mol. The van der Waals surface area contributed by atoms with Gasteiger partial charge in [0.2, 0.25) is 11.8 Å². The van der Waals surface area contributed by atoms with Crippen LogP contribution in [0, 0.1) is 0 Å². The Morgan fingerprint density at radius 3 is 1.89 bits per heavy atom. The van der Waals surface area contributed by atoms with Gasteiger partial charge in [0.25, 0.3) is 5.91 Å². The maximum atomic E-state index is 13.0. The van der Waals surface area contributed by atoms with E-state index in [4.69, 9.17) is 42.6 Å². The molecular weight excluding hydrogens is 718 g/mol. The molecule has 17 heteroatoms. The van der Waals surface area contributed by atoms with Gasteiger partial charge in [-0.25, -0.2) is 9.78 Å². The molecule has 3 aromatic carbocycles. The summed E-state index contributed by atoms with van der Waals surface area (Å²) in [6, 6.07) is 17.1. The predicted octanol–water partition coefficient (Wildman–Crippen LogP) is 4.74. The second-order valence-corrected chi connectivity index (χ2v) is 11.4. The molecule has 55 heavy (non-hydrogen) atoms. The normalized spacial score (nSPS) is 11.0. The Morgan fingerprint density at radius 1 is 0.691 bits per heavy atom. The number of carbonyl (C=O) groups is 2. The summed E-state index contributed by atoms with van der Waals surface area (Å²) < 4.78 is 49.1. The van der Waals surface area contributed by atoms with Gasteiger partial charge in [-0.3, -0.25) is 10.1 Å². The number of aromatic nitrogens is 2. The summed E-state index contributed by atoms with van der Waals surface area (Å²) in [5.74, 6) is 1.08. The van der Waals surface area contributed by atoms with E-state index >= 15 is 0 Å². The van der Waals surface area contributed by atoms with Crippen molar-refractivity contribution in [2.75, 3.05) is 117 Å². The SMILES string of the molecule is COCCOCCOCCOCCOCCOCCOCCNC(=O)c1cc(Nc2nccc(Oc3ccc(NC(=O)O)c4ccccc34)n2)cc(OC)c1. The number of hydrogen-bond acceptors (Lipinski definition) is 14. The number of methoxy groups -OCH3 is 2. The predicted molar refractivity (Wildman–Crippen MR) is 203 cm³/mol. The van der Waals surface area contributed by atoms with Crippen LogP contribution in [0.1, 0.15) is 10.4 Å². The van der Waals surface area contributed by atoms with Gasteiger partial charge in [-0.05, 0) is 24.3 Å². The third-order valence-electron chi connectivity index (χ3n) is 7.45. The summed E-state index contributed by atoms with van der Waals surface area (Å²) in [5, 5.41) is 18.9. The summed E-state index contributed by atoms with van der Waals surface area (Å²) in [6.45, 7) is 6.34. The highest BCUT2D eigenvalue weighted by Crippen LogP contribution is 2.34. The molecule has 1 heterocycles. The Labute approximate surface area is 319 Å². The van der Waals surface area contributed by atoms with Crippen molar-refractivity contribution >= 4 is 40.1 Å². The first-order valence-corrected chi connectivity index (χ1v) is 17.7. The molecule has 0 unspecified atom stereocenters. The number of amides is 2. The van der Waals surface area contributed by atoms with Crippen LogP contribution in [0.3, 0.4) is 0 Å². The van der Waals surface area contributed by atoms with Crippen LogP contribution in [0.4, 0.5) is 22.1 Å². The van der Waals surface area contributed by atoms with Gasteiger partial charge in [0, 0.05) is 54.0 Å². The lowest BCUT2D eigenvalue weighted by Crippen LogP contribution is -2.27. The number of nitrogens with zero attached hydrogens (tertiary/aromatic N) is 2. The second-order valence-electron chi connectivity index (χ2n) is 11.4. The topological polar surface area (TPSA) is 199 Å². The zero-order chi connectivity index (χ0) is 38.9. The molecule has 17 nitrogen and oxygen atoms in total. The summed E-state index contributed by atoms with van der Waals surface area (Å²) in [7, 11) is 3.14. The number of nitrogens with one attached hydrogen (secondary N) is 3. The van der Waals surface area contributed by atoms with Gasteiger partial charge < -0.3 is 58.4 Å². The van der Waals surface area contributed by atoms with Crippen LogP contribution in [0.25, 0.3) is 10.8 Å². The fourth-order valence-corrected chi connectivity index (χ4v) is 4.89. The summed E-state index contributed by atoms with van der Waals surface area (Å²) in [6.07, 6.45) is 0.364. The molecule has 2 amide bonds. The van der Waals surface area contributed by atoms with Crippen molar-refractivity contribution in [3.05, 3.63) is 72.4 Å². The Bertz CT molecular complexity index is 1750. The van der Waals surface area contributed by atoms with Crippen molar-refractivity contribution in [1.82, 2.24) is 15.3 Å². The van der Waals surface area contributed by atoms with Crippen LogP contribution in [-0.2, 0) is 33.2 Å². The van der Waals surface area contributed by atoms with E-state index in [1.165, 1.54) is 13.3 Å². The Balaban J connectivity index is 1.11. The first-order valence-electron chi connectivity index (χ1n) is 17.7. The molecule has 0 aliphatic rings. The van der Waals surface area contributed by atoms with Gasteiger partial charge in [-0.15, -0.1) is 0 Å². The molecule has 0 saturated carbocycles. The highest BCUT2D eigenvalue weighted by atomic mass is 16.6. The van der Waals surface area contributed by atoms with Crippen LogP contribution in [0.2, 0.25) is 0 Å². The van der Waals surface area contributed by atoms with Crippen molar-refractivity contribution < 1.29 is 57.3 Å². The van der Waals surface area contributed by atoms with Gasteiger partial charge in [-0.1, -0.05) is 24.3 Å². The quantitative estimate of drug-likeness (QED) is 0.0578. The van der Waals surface area contributed by atoms with E-state index in [0.29, 0.717) is 132 Å². The van der Waals surface area contributed by atoms with Crippen LogP contribution < -0.4 is 25.4 Å². The van der Waals surface area contributed by atoms with Crippen molar-refractivity contribution in [1.29, 1.82) is 0 Å². The number of hydrogen-bond donors (Lipinski definition) is 4. The van der Waals surface area contributed by atoms with Gasteiger partial charge in [-0.2, -0.15) is 4.98 Å². The van der Waals surface area contributed by atoms with E-state index in [0.717, 1.165) is 0 Å². The first kappa shape index (κ1) is 42.6. The molecule has 4 aromatic rings. The molecule has 0 bridgehead atoms. The number of ether oxygens (including phenoxy) is 9. The zero-order valence-electron chi connectivity index (χ0n) is 31.1. The highest BCUT2D eigenvalue weighted by Gasteiger charge is 2.13. The molecule has 4 rings (SSSR count). The van der Waals surface area contributed by atoms with Crippen LogP contribution in [-0.4, -0.2) is 134 Å². The maximum absolute atomic E-state index is 13.0. The minimum Gasteiger partial charge on any atom is -0.497 e. The minimum absolute atomic E-state index is 0.218. The smallest absolute Gasteiger partial charge is 0.409 e. The molecule has 0 fully saturated rings. The fraction of sp³-hybridized carbons (Fsp3) is 0.421. The molecular formula is C38H49N5O12. The largest absolute Gasteiger partial charge is 0.497 e. The van der Waals surface area contributed by atoms with E-state index in [1.54, 1.807) is 49.6 Å². The van der Waals surface area contributed by atoms with E-state index in [2.05, 4.69) is 25.9 Å². The van der Waals surface area contributed by atoms with E-state index < -0.39 is 6.09 Å². The Hall–Kier alpha value is -5.14. The average Bonchev–Trinajstić information content (AvgIpc) is 3.19. The van der Waals surface area contributed by atoms with E-state index in [-0.39, 0.29) is 17.7 Å². The van der Waals surface area contributed by atoms with Gasteiger partial charge >= 0.3 is 6.09 Å². The van der Waals surface area contributed by atoms with Crippen LogP contribution in [0.15, 0.2) is 66.9 Å². The van der Waals surface area contributed by atoms with Gasteiger partial charge in [0.1, 0.15) is 11.5 Å². The molecule has 0 spiro atoms. The number of anilines is 3. The number of carboxylic acid groups (broad SMARTS) is 1. The molecule has 0 radical (unpaired) electrons. The number of benzene rings is 3. The van der Waals surface area contributed by atoms with Crippen molar-refractivity contribution in [3.8, 4) is 17.4 Å². The lowest BCUT2D eigenvalue weighted by atomic mass is 10.1. The maximum Gasteiger partial charge on any atom is 0.409 e. The average molecular weight is 768 g/mol. The lowest BCUT2D eigenvalue weighted by Gasteiger charge is -2.13. The molecule has 0 aliphatic carbocycles. The highest BCUT2D eigenvalue weighted by molar-refractivity contribution is 6.02. The second kappa shape index (κ2) is 25.0. The lowest BCUT2D eigenvalue weighted by molar-refractivity contribution is -0.0189. The van der Waals surface area contributed by atoms with Crippen molar-refractivity contribution in [2.45, 2.75) is 0 Å². The van der Waals surface area contributed by atoms with E-state index in [9.17, 15) is 14.7 Å². The molecule has 1 aromatic heterocycles. The fourth-order valence-electron chi connectivity index (χ4n) is 4.89. The van der Waals surface area contributed by atoms with E-state index in [1.807, 2.05) is 18.2 Å². The standard InChI is InChI=1S/C38H49N5O12/c1-47-13-14-50-17-18-52-21-22-54-24-23-53-20-19-51-16-15-49-12-11-39-36(44)28-25-29(27-30(26-28)48-2)41-37-40-10-9-35(43-37)55-34-8-7-33(42-38(45)46)31-5-3-4-6-32(31)34/h3-10,25-27,42H,11-24H2,1-2H3,(H,39,44)(H,45,46)(H,40,41,43). The molecule has 0 saturated heterocycles. The molecule has 0 atom stereocenters. The summed E-state index contributed by atoms with van der Waals surface area (Å²) >= 11 is 0.